The van der Waals surface area contributed by atoms with E-state index in [1.165, 1.54) is 49.3 Å². The van der Waals surface area contributed by atoms with Gasteiger partial charge in [0, 0.05) is 12.5 Å². The van der Waals surface area contributed by atoms with Crippen molar-refractivity contribution in [3.63, 3.8) is 0 Å². The zero-order valence-electron chi connectivity index (χ0n) is 24.8. The van der Waals surface area contributed by atoms with Gasteiger partial charge in [0.1, 0.15) is 0 Å². The number of nitriles is 1. The van der Waals surface area contributed by atoms with Gasteiger partial charge in [-0.05, 0) is 52.2 Å². The summed E-state index contributed by atoms with van der Waals surface area (Å²) >= 11 is 0. The normalized spacial score (nSPS) is 9.00. The average molecular weight is 503 g/mol. The molecule has 0 radical (unpaired) electrons. The van der Waals surface area contributed by atoms with Gasteiger partial charge >= 0.3 is 0 Å². The number of hydrogen-bond acceptors (Lipinski definition) is 2. The fraction of sp³-hybridized carbons (Fsp3) is 0.412. The number of benzene rings is 3. The molecule has 0 bridgehead atoms. The molecule has 202 valence electrons. The lowest BCUT2D eigenvalue weighted by molar-refractivity contribution is 0.0999. The summed E-state index contributed by atoms with van der Waals surface area (Å²) in [6.07, 6.45) is 5.52. The van der Waals surface area contributed by atoms with Crippen molar-refractivity contribution >= 4 is 5.91 Å². The summed E-state index contributed by atoms with van der Waals surface area (Å²) in [7, 11) is 0. The number of rotatable bonds is 5. The SMILES string of the molecule is CC#N.CCCC(C)CCC.Cc1ccc(C)c(C(N)=O)c1.Cc1ccc(C)cc1.Cc1ccccc1. The smallest absolute Gasteiger partial charge is 0.248 e. The molecule has 0 unspecified atom stereocenters. The molecule has 0 aliphatic rings. The van der Waals surface area contributed by atoms with Crippen LogP contribution >= 0.6 is 0 Å². The Balaban J connectivity index is 0. The topological polar surface area (TPSA) is 66.9 Å². The first-order chi connectivity index (χ1) is 17.5. The van der Waals surface area contributed by atoms with Gasteiger partial charge in [-0.1, -0.05) is 135 Å². The minimum absolute atomic E-state index is 0.355. The third-order valence-electron chi connectivity index (χ3n) is 5.38. The summed E-state index contributed by atoms with van der Waals surface area (Å²) in [5, 5.41) is 7.32. The Hall–Kier alpha value is -3.38. The lowest BCUT2D eigenvalue weighted by Gasteiger charge is -2.05. The molecule has 1 amide bonds. The molecule has 3 nitrogen and oxygen atoms in total. The molecule has 2 N–H and O–H groups in total. The predicted octanol–water partition coefficient (Wildman–Crippen LogP) is 9.45. The van der Waals surface area contributed by atoms with Gasteiger partial charge in [-0.3, -0.25) is 4.79 Å². The Kier molecular flexibility index (Phi) is 22.3. The van der Waals surface area contributed by atoms with E-state index < -0.39 is 0 Å². The van der Waals surface area contributed by atoms with Crippen LogP contribution in [0.2, 0.25) is 0 Å². The molecule has 37 heavy (non-hydrogen) atoms. The van der Waals surface area contributed by atoms with Crippen LogP contribution in [0.5, 0.6) is 0 Å². The maximum absolute atomic E-state index is 10.8. The summed E-state index contributed by atoms with van der Waals surface area (Å²) < 4.78 is 0. The molecule has 0 aromatic heterocycles. The van der Waals surface area contributed by atoms with E-state index in [0.29, 0.717) is 5.56 Å². The Morgan fingerprint density at radius 2 is 1.14 bits per heavy atom. The molecular weight excluding hydrogens is 452 g/mol. The van der Waals surface area contributed by atoms with Crippen molar-refractivity contribution < 1.29 is 4.79 Å². The molecule has 3 aromatic rings. The van der Waals surface area contributed by atoms with Gasteiger partial charge in [-0.15, -0.1) is 0 Å². The van der Waals surface area contributed by atoms with Crippen molar-refractivity contribution in [1.29, 1.82) is 5.26 Å². The summed E-state index contributed by atoms with van der Waals surface area (Å²) in [4.78, 5) is 10.8. The van der Waals surface area contributed by atoms with Gasteiger partial charge < -0.3 is 5.73 Å². The van der Waals surface area contributed by atoms with Crippen LogP contribution in [0.15, 0.2) is 72.8 Å². The first kappa shape index (κ1) is 35.8. The maximum atomic E-state index is 10.8. The average Bonchev–Trinajstić information content (AvgIpc) is 2.85. The van der Waals surface area contributed by atoms with E-state index >= 15 is 0 Å². The van der Waals surface area contributed by atoms with E-state index in [4.69, 9.17) is 11.0 Å². The van der Waals surface area contributed by atoms with Gasteiger partial charge in [-0.25, -0.2) is 0 Å². The van der Waals surface area contributed by atoms with Crippen molar-refractivity contribution in [3.05, 3.63) is 106 Å². The zero-order valence-corrected chi connectivity index (χ0v) is 24.8. The third kappa shape index (κ3) is 21.6. The molecule has 0 aliphatic heterocycles. The molecule has 0 saturated heterocycles. The third-order valence-corrected chi connectivity index (χ3v) is 5.38. The van der Waals surface area contributed by atoms with Crippen LogP contribution in [0.3, 0.4) is 0 Å². The lowest BCUT2D eigenvalue weighted by Crippen LogP contribution is -2.12. The summed E-state index contributed by atoms with van der Waals surface area (Å²) in [6.45, 7) is 18.4. The number of nitrogens with two attached hydrogens (primary N) is 1. The quantitative estimate of drug-likeness (QED) is 0.377. The highest BCUT2D eigenvalue weighted by atomic mass is 16.1. The van der Waals surface area contributed by atoms with E-state index in [0.717, 1.165) is 17.0 Å². The van der Waals surface area contributed by atoms with Crippen molar-refractivity contribution in [1.82, 2.24) is 0 Å². The molecular formula is C34H50N2O. The summed E-state index contributed by atoms with van der Waals surface area (Å²) in [5.41, 5.74) is 11.7. The fourth-order valence-electron chi connectivity index (χ4n) is 3.30. The van der Waals surface area contributed by atoms with E-state index in [1.807, 2.05) is 44.2 Å². The van der Waals surface area contributed by atoms with Gasteiger partial charge in [0.2, 0.25) is 5.91 Å². The van der Waals surface area contributed by atoms with Gasteiger partial charge in [0.25, 0.3) is 0 Å². The Morgan fingerprint density at radius 1 is 0.757 bits per heavy atom. The van der Waals surface area contributed by atoms with Crippen LogP contribution in [-0.2, 0) is 0 Å². The van der Waals surface area contributed by atoms with Gasteiger partial charge in [0.15, 0.2) is 0 Å². The number of aryl methyl sites for hydroxylation is 5. The van der Waals surface area contributed by atoms with Crippen molar-refractivity contribution in [3.8, 4) is 6.07 Å². The lowest BCUT2D eigenvalue weighted by atomic mass is 10.0. The Morgan fingerprint density at radius 3 is 1.43 bits per heavy atom. The standard InChI is InChI=1S/C9H11NO.C8H10.C8H18.C7H8.C2H3N/c1-6-3-4-7(2)8(5-6)9(10)11;1-7-3-5-8(2)6-4-7;1-4-6-8(3)7-5-2;1-7-5-3-2-4-6-7;1-2-3/h3-5H,1-2H3,(H2,10,11);3-6H,1-2H3;8H,4-7H2,1-3H3;2-6H,1H3;1H3. The highest BCUT2D eigenvalue weighted by molar-refractivity contribution is 5.94. The van der Waals surface area contributed by atoms with Crippen LogP contribution in [-0.4, -0.2) is 5.91 Å². The molecule has 0 heterocycles. The van der Waals surface area contributed by atoms with Crippen molar-refractivity contribution in [2.45, 2.75) is 88.0 Å². The highest BCUT2D eigenvalue weighted by Gasteiger charge is 2.03. The Labute approximate surface area is 227 Å². The number of primary amides is 1. The number of amides is 1. The first-order valence-corrected chi connectivity index (χ1v) is 13.2. The summed E-state index contributed by atoms with van der Waals surface area (Å²) in [6, 6.07) is 26.2. The first-order valence-electron chi connectivity index (χ1n) is 13.2. The fourth-order valence-corrected chi connectivity index (χ4v) is 3.30. The van der Waals surface area contributed by atoms with Crippen LogP contribution in [0.1, 0.15) is 91.6 Å². The minimum Gasteiger partial charge on any atom is -0.366 e. The minimum atomic E-state index is -0.355. The van der Waals surface area contributed by atoms with Crippen LogP contribution in [0.25, 0.3) is 0 Å². The molecule has 0 saturated carbocycles. The molecule has 3 aromatic carbocycles. The van der Waals surface area contributed by atoms with E-state index in [1.54, 1.807) is 12.1 Å². The zero-order chi connectivity index (χ0) is 28.6. The molecule has 3 heteroatoms. The second-order valence-corrected chi connectivity index (χ2v) is 9.40. The number of carbonyl (C=O) groups is 1. The second-order valence-electron chi connectivity index (χ2n) is 9.40. The predicted molar refractivity (Wildman–Crippen MR) is 162 cm³/mol. The van der Waals surface area contributed by atoms with Crippen LogP contribution < -0.4 is 5.73 Å². The molecule has 0 spiro atoms. The largest absolute Gasteiger partial charge is 0.366 e. The molecule has 0 fully saturated rings. The number of hydrogen-bond donors (Lipinski definition) is 1. The molecule has 0 aliphatic carbocycles. The Bertz CT molecular complexity index is 975. The number of carbonyl (C=O) groups excluding carboxylic acids is 1. The molecule has 0 atom stereocenters. The van der Waals surface area contributed by atoms with E-state index in [2.05, 4.69) is 77.9 Å². The van der Waals surface area contributed by atoms with Crippen LogP contribution in [0, 0.1) is 51.9 Å². The van der Waals surface area contributed by atoms with E-state index in [9.17, 15) is 4.79 Å². The van der Waals surface area contributed by atoms with Crippen molar-refractivity contribution in [2.75, 3.05) is 0 Å². The highest BCUT2D eigenvalue weighted by Crippen LogP contribution is 2.11. The summed E-state index contributed by atoms with van der Waals surface area (Å²) in [5.74, 6) is 0.608. The van der Waals surface area contributed by atoms with Crippen LogP contribution in [0.4, 0.5) is 0 Å². The maximum Gasteiger partial charge on any atom is 0.248 e. The molecule has 3 rings (SSSR count). The van der Waals surface area contributed by atoms with E-state index in [-0.39, 0.29) is 5.91 Å². The second kappa shape index (κ2) is 23.0. The van der Waals surface area contributed by atoms with Gasteiger partial charge in [-0.2, -0.15) is 5.26 Å². The monoisotopic (exact) mass is 502 g/mol. The van der Waals surface area contributed by atoms with Gasteiger partial charge in [0.05, 0.1) is 6.07 Å². The number of nitrogens with zero attached hydrogens (tertiary/aromatic N) is 1. The van der Waals surface area contributed by atoms with Crippen molar-refractivity contribution in [2.24, 2.45) is 11.7 Å².